The lowest BCUT2D eigenvalue weighted by Crippen LogP contribution is -2.23. The number of rotatable bonds is 10. The zero-order valence-corrected chi connectivity index (χ0v) is 14.1. The molecule has 20 heavy (non-hydrogen) atoms. The predicted molar refractivity (Wildman–Crippen MR) is 88.7 cm³/mol. The van der Waals surface area contributed by atoms with Crippen molar-refractivity contribution in [3.8, 4) is 0 Å². The lowest BCUT2D eigenvalue weighted by atomic mass is 10.0. The van der Waals surface area contributed by atoms with Gasteiger partial charge in [-0.3, -0.25) is 4.98 Å². The van der Waals surface area contributed by atoms with E-state index in [9.17, 15) is 0 Å². The topological polar surface area (TPSA) is 24.9 Å². The first kappa shape index (κ1) is 17.7. The van der Waals surface area contributed by atoms with E-state index in [-0.39, 0.29) is 6.04 Å². The summed E-state index contributed by atoms with van der Waals surface area (Å²) in [6.45, 7) is 5.39. The van der Waals surface area contributed by atoms with Gasteiger partial charge in [-0.2, -0.15) is 0 Å². The van der Waals surface area contributed by atoms with E-state index in [0.29, 0.717) is 10.0 Å². The molecule has 0 aliphatic rings. The lowest BCUT2D eigenvalue weighted by Gasteiger charge is -2.19. The number of halogens is 2. The first-order valence-corrected chi connectivity index (χ1v) is 8.49. The van der Waals surface area contributed by atoms with Crippen LogP contribution >= 0.6 is 23.2 Å². The molecule has 1 unspecified atom stereocenters. The second-order valence-corrected chi connectivity index (χ2v) is 6.07. The Kier molecular flexibility index (Phi) is 9.24. The van der Waals surface area contributed by atoms with E-state index in [4.69, 9.17) is 23.2 Å². The molecule has 0 saturated heterocycles. The van der Waals surface area contributed by atoms with E-state index in [2.05, 4.69) is 24.1 Å². The van der Waals surface area contributed by atoms with Gasteiger partial charge in [0.15, 0.2) is 0 Å². The summed E-state index contributed by atoms with van der Waals surface area (Å²) >= 11 is 12.2. The van der Waals surface area contributed by atoms with Crippen LogP contribution in [0.1, 0.15) is 70.5 Å². The molecular formula is C16H26Cl2N2. The van der Waals surface area contributed by atoms with Crippen molar-refractivity contribution in [1.29, 1.82) is 0 Å². The van der Waals surface area contributed by atoms with Gasteiger partial charge in [0.25, 0.3) is 0 Å². The average Bonchev–Trinajstić information content (AvgIpc) is 2.43. The summed E-state index contributed by atoms with van der Waals surface area (Å²) in [5, 5.41) is 4.81. The molecule has 0 aliphatic heterocycles. The molecule has 1 atom stereocenters. The largest absolute Gasteiger partial charge is 0.309 e. The summed E-state index contributed by atoms with van der Waals surface area (Å²) in [6.07, 6.45) is 10.3. The van der Waals surface area contributed by atoms with Crippen molar-refractivity contribution in [1.82, 2.24) is 10.3 Å². The SMILES string of the molecule is CCCCCCCC(NCCC)c1ncc(Cl)cc1Cl. The molecule has 1 rings (SSSR count). The Morgan fingerprint density at radius 3 is 2.50 bits per heavy atom. The normalized spacial score (nSPS) is 12.6. The Hall–Kier alpha value is -0.310. The van der Waals surface area contributed by atoms with Gasteiger partial charge < -0.3 is 5.32 Å². The van der Waals surface area contributed by atoms with Gasteiger partial charge in [-0.25, -0.2) is 0 Å². The van der Waals surface area contributed by atoms with Gasteiger partial charge in [-0.1, -0.05) is 69.2 Å². The molecule has 1 aromatic heterocycles. The van der Waals surface area contributed by atoms with E-state index in [1.54, 1.807) is 12.3 Å². The highest BCUT2D eigenvalue weighted by Gasteiger charge is 2.15. The Morgan fingerprint density at radius 1 is 1.10 bits per heavy atom. The van der Waals surface area contributed by atoms with Gasteiger partial charge in [0.2, 0.25) is 0 Å². The van der Waals surface area contributed by atoms with Crippen LogP contribution in [0.4, 0.5) is 0 Å². The third-order valence-electron chi connectivity index (χ3n) is 3.40. The van der Waals surface area contributed by atoms with Crippen LogP contribution in [0, 0.1) is 0 Å². The van der Waals surface area contributed by atoms with Gasteiger partial charge in [0, 0.05) is 6.20 Å². The second-order valence-electron chi connectivity index (χ2n) is 5.23. The van der Waals surface area contributed by atoms with Crippen LogP contribution in [-0.2, 0) is 0 Å². The van der Waals surface area contributed by atoms with Crippen LogP contribution in [0.15, 0.2) is 12.3 Å². The van der Waals surface area contributed by atoms with E-state index in [0.717, 1.165) is 25.1 Å². The summed E-state index contributed by atoms with van der Waals surface area (Å²) in [4.78, 5) is 4.42. The zero-order chi connectivity index (χ0) is 14.8. The van der Waals surface area contributed by atoms with Crippen molar-refractivity contribution in [2.45, 2.75) is 64.8 Å². The maximum atomic E-state index is 6.28. The fraction of sp³-hybridized carbons (Fsp3) is 0.688. The molecule has 0 bridgehead atoms. The molecule has 0 spiro atoms. The third kappa shape index (κ3) is 6.43. The number of nitrogens with one attached hydrogen (secondary N) is 1. The molecule has 0 fully saturated rings. The molecule has 0 saturated carbocycles. The lowest BCUT2D eigenvalue weighted by molar-refractivity contribution is 0.460. The minimum Gasteiger partial charge on any atom is -0.309 e. The van der Waals surface area contributed by atoms with Crippen molar-refractivity contribution in [3.05, 3.63) is 28.0 Å². The predicted octanol–water partition coefficient (Wildman–Crippen LogP) is 5.79. The van der Waals surface area contributed by atoms with E-state index < -0.39 is 0 Å². The summed E-state index contributed by atoms with van der Waals surface area (Å²) in [5.74, 6) is 0. The summed E-state index contributed by atoms with van der Waals surface area (Å²) < 4.78 is 0. The number of aromatic nitrogens is 1. The summed E-state index contributed by atoms with van der Waals surface area (Å²) in [6, 6.07) is 2.02. The molecule has 2 nitrogen and oxygen atoms in total. The summed E-state index contributed by atoms with van der Waals surface area (Å²) in [5.41, 5.74) is 0.931. The maximum Gasteiger partial charge on any atom is 0.0760 e. The third-order valence-corrected chi connectivity index (χ3v) is 3.91. The van der Waals surface area contributed by atoms with Crippen molar-refractivity contribution >= 4 is 23.2 Å². The first-order chi connectivity index (χ1) is 9.69. The highest BCUT2D eigenvalue weighted by atomic mass is 35.5. The minimum atomic E-state index is 0.237. The van der Waals surface area contributed by atoms with Crippen LogP contribution in [0.2, 0.25) is 10.0 Å². The van der Waals surface area contributed by atoms with E-state index >= 15 is 0 Å². The standard InChI is InChI=1S/C16H26Cl2N2/c1-3-5-6-7-8-9-15(19-10-4-2)16-14(18)11-13(17)12-20-16/h11-12,15,19H,3-10H2,1-2H3. The highest BCUT2D eigenvalue weighted by Crippen LogP contribution is 2.27. The maximum absolute atomic E-state index is 6.28. The summed E-state index contributed by atoms with van der Waals surface area (Å²) in [7, 11) is 0. The van der Waals surface area contributed by atoms with Crippen LogP contribution < -0.4 is 5.32 Å². The fourth-order valence-electron chi connectivity index (χ4n) is 2.29. The molecule has 0 aromatic carbocycles. The zero-order valence-electron chi connectivity index (χ0n) is 12.6. The molecular weight excluding hydrogens is 291 g/mol. The molecule has 114 valence electrons. The van der Waals surface area contributed by atoms with Gasteiger partial charge in [-0.05, 0) is 25.5 Å². The molecule has 0 aliphatic carbocycles. The molecule has 1 aromatic rings. The average molecular weight is 317 g/mol. The number of pyridine rings is 1. The van der Waals surface area contributed by atoms with Gasteiger partial charge in [0.05, 0.1) is 21.8 Å². The number of hydrogen-bond acceptors (Lipinski definition) is 2. The molecule has 4 heteroatoms. The van der Waals surface area contributed by atoms with Crippen LogP contribution in [-0.4, -0.2) is 11.5 Å². The Bertz CT molecular complexity index is 383. The Balaban J connectivity index is 2.58. The molecule has 1 heterocycles. The van der Waals surface area contributed by atoms with Crippen LogP contribution in [0.25, 0.3) is 0 Å². The first-order valence-electron chi connectivity index (χ1n) is 7.73. The smallest absolute Gasteiger partial charge is 0.0760 e. The number of nitrogens with zero attached hydrogens (tertiary/aromatic N) is 1. The Labute approximate surface area is 133 Å². The van der Waals surface area contributed by atoms with Crippen molar-refractivity contribution in [2.75, 3.05) is 6.54 Å². The van der Waals surface area contributed by atoms with Crippen LogP contribution in [0.5, 0.6) is 0 Å². The van der Waals surface area contributed by atoms with Crippen molar-refractivity contribution < 1.29 is 0 Å². The molecule has 0 amide bonds. The molecule has 1 N–H and O–H groups in total. The Morgan fingerprint density at radius 2 is 1.85 bits per heavy atom. The van der Waals surface area contributed by atoms with Gasteiger partial charge in [0.1, 0.15) is 0 Å². The van der Waals surface area contributed by atoms with Gasteiger partial charge in [-0.15, -0.1) is 0 Å². The number of unbranched alkanes of at least 4 members (excludes halogenated alkanes) is 4. The van der Waals surface area contributed by atoms with Crippen molar-refractivity contribution in [2.24, 2.45) is 0 Å². The minimum absolute atomic E-state index is 0.237. The van der Waals surface area contributed by atoms with Gasteiger partial charge >= 0.3 is 0 Å². The fourth-order valence-corrected chi connectivity index (χ4v) is 2.80. The van der Waals surface area contributed by atoms with Crippen LogP contribution in [0.3, 0.4) is 0 Å². The van der Waals surface area contributed by atoms with E-state index in [1.165, 1.54) is 32.1 Å². The quantitative estimate of drug-likeness (QED) is 0.552. The monoisotopic (exact) mass is 316 g/mol. The van der Waals surface area contributed by atoms with E-state index in [1.807, 2.05) is 0 Å². The highest BCUT2D eigenvalue weighted by molar-refractivity contribution is 6.34. The molecule has 0 radical (unpaired) electrons. The number of hydrogen-bond donors (Lipinski definition) is 1. The second kappa shape index (κ2) is 10.4. The van der Waals surface area contributed by atoms with Crippen molar-refractivity contribution in [3.63, 3.8) is 0 Å².